The first-order valence-corrected chi connectivity index (χ1v) is 10.6. The number of anilines is 1. The van der Waals surface area contributed by atoms with Crippen molar-refractivity contribution in [1.82, 2.24) is 20.1 Å². The maximum Gasteiger partial charge on any atom is 0.433 e. The fraction of sp³-hybridized carbons (Fsp3) is 0.348. The number of hydrogen-bond acceptors (Lipinski definition) is 5. The molecular weight excluding hydrogens is 433 g/mol. The molecule has 1 aromatic carbocycles. The summed E-state index contributed by atoms with van der Waals surface area (Å²) in [5.41, 5.74) is 8.86. The largest absolute Gasteiger partial charge is 0.433 e. The number of halogens is 3. The summed E-state index contributed by atoms with van der Waals surface area (Å²) in [6, 6.07) is 10.3. The molecule has 1 aliphatic heterocycles. The second-order valence-electron chi connectivity index (χ2n) is 8.29. The van der Waals surface area contributed by atoms with E-state index in [4.69, 9.17) is 5.73 Å². The van der Waals surface area contributed by atoms with Crippen LogP contribution in [0.5, 0.6) is 0 Å². The summed E-state index contributed by atoms with van der Waals surface area (Å²) in [6.45, 7) is 4.94. The van der Waals surface area contributed by atoms with E-state index in [2.05, 4.69) is 31.9 Å². The normalized spacial score (nSPS) is 17.3. The predicted octanol–water partition coefficient (Wildman–Crippen LogP) is 3.23. The van der Waals surface area contributed by atoms with Crippen molar-refractivity contribution in [2.75, 3.05) is 24.5 Å². The molecule has 3 heterocycles. The third-order valence-electron chi connectivity index (χ3n) is 5.81. The van der Waals surface area contributed by atoms with E-state index < -0.39 is 11.9 Å². The molecule has 3 N–H and O–H groups in total. The molecule has 3 aromatic rings. The topological polar surface area (TPSA) is 91.1 Å². The van der Waals surface area contributed by atoms with Crippen LogP contribution in [0.15, 0.2) is 48.8 Å². The van der Waals surface area contributed by atoms with Gasteiger partial charge in [-0.05, 0) is 30.2 Å². The van der Waals surface area contributed by atoms with Crippen molar-refractivity contribution in [3.8, 4) is 11.3 Å². The van der Waals surface area contributed by atoms with E-state index in [1.807, 2.05) is 30.5 Å². The first kappa shape index (κ1) is 22.8. The van der Waals surface area contributed by atoms with Gasteiger partial charge < -0.3 is 10.6 Å². The van der Waals surface area contributed by atoms with Crippen molar-refractivity contribution < 1.29 is 18.0 Å². The number of H-pyrrole nitrogens is 1. The van der Waals surface area contributed by atoms with E-state index in [9.17, 15) is 18.0 Å². The van der Waals surface area contributed by atoms with Gasteiger partial charge in [-0.1, -0.05) is 24.3 Å². The van der Waals surface area contributed by atoms with Gasteiger partial charge in [0.25, 0.3) is 0 Å². The smallest absolute Gasteiger partial charge is 0.369 e. The lowest BCUT2D eigenvalue weighted by Crippen LogP contribution is -2.51. The van der Waals surface area contributed by atoms with Crippen LogP contribution in [0.1, 0.15) is 23.7 Å². The summed E-state index contributed by atoms with van der Waals surface area (Å²) in [4.78, 5) is 19.1. The maximum absolute atomic E-state index is 12.8. The molecule has 1 atom stereocenters. The first-order valence-electron chi connectivity index (χ1n) is 10.6. The standard InChI is InChI=1S/C23H25F3N6O/c1-15-13-31(8-9-32(15)19-6-7-20(28-12-19)23(24,25)26)14-18-11-29-30-22(18)17-4-2-16(3-5-17)10-21(27)33/h2-7,11-12,15H,8-10,13-14H2,1H3,(H2,27,33)(H,29,30). The Balaban J connectivity index is 1.40. The molecule has 4 rings (SSSR count). The number of carbonyl (C=O) groups is 1. The second-order valence-corrected chi connectivity index (χ2v) is 8.29. The van der Waals surface area contributed by atoms with Crippen LogP contribution in [0.2, 0.25) is 0 Å². The number of carbonyl (C=O) groups excluding carboxylic acids is 1. The number of rotatable bonds is 6. The first-order chi connectivity index (χ1) is 15.7. The third-order valence-corrected chi connectivity index (χ3v) is 5.81. The number of benzene rings is 1. The number of aromatic nitrogens is 3. The Hall–Kier alpha value is -3.40. The highest BCUT2D eigenvalue weighted by Gasteiger charge is 2.33. The van der Waals surface area contributed by atoms with Crippen LogP contribution in [-0.2, 0) is 23.9 Å². The zero-order chi connectivity index (χ0) is 23.6. The summed E-state index contributed by atoms with van der Waals surface area (Å²) < 4.78 is 38.4. The molecule has 1 unspecified atom stereocenters. The Morgan fingerprint density at radius 2 is 1.91 bits per heavy atom. The van der Waals surface area contributed by atoms with Crippen LogP contribution in [0.3, 0.4) is 0 Å². The highest BCUT2D eigenvalue weighted by molar-refractivity contribution is 5.77. The zero-order valence-corrected chi connectivity index (χ0v) is 18.1. The van der Waals surface area contributed by atoms with Gasteiger partial charge in [0.1, 0.15) is 5.69 Å². The van der Waals surface area contributed by atoms with E-state index in [-0.39, 0.29) is 18.4 Å². The molecule has 1 saturated heterocycles. The van der Waals surface area contributed by atoms with Crippen LogP contribution >= 0.6 is 0 Å². The van der Waals surface area contributed by atoms with Gasteiger partial charge in [0.05, 0.1) is 30.2 Å². The summed E-state index contributed by atoms with van der Waals surface area (Å²) in [7, 11) is 0. The lowest BCUT2D eigenvalue weighted by atomic mass is 10.0. The van der Waals surface area contributed by atoms with Crippen LogP contribution < -0.4 is 10.6 Å². The number of primary amides is 1. The second kappa shape index (κ2) is 9.22. The Morgan fingerprint density at radius 3 is 2.52 bits per heavy atom. The lowest BCUT2D eigenvalue weighted by Gasteiger charge is -2.41. The number of aromatic amines is 1. The molecule has 1 fully saturated rings. The molecule has 174 valence electrons. The van der Waals surface area contributed by atoms with E-state index in [0.29, 0.717) is 18.8 Å². The SMILES string of the molecule is CC1CN(Cc2cn[nH]c2-c2ccc(CC(N)=O)cc2)CCN1c1ccc(C(F)(F)F)nc1. The van der Waals surface area contributed by atoms with Gasteiger partial charge >= 0.3 is 6.18 Å². The number of nitrogens with one attached hydrogen (secondary N) is 1. The van der Waals surface area contributed by atoms with Crippen LogP contribution in [0.25, 0.3) is 11.3 Å². The molecule has 0 aliphatic carbocycles. The highest BCUT2D eigenvalue weighted by Crippen LogP contribution is 2.30. The molecule has 0 bridgehead atoms. The Kier molecular flexibility index (Phi) is 6.37. The Morgan fingerprint density at radius 1 is 1.15 bits per heavy atom. The molecule has 10 heteroatoms. The summed E-state index contributed by atoms with van der Waals surface area (Å²) in [6.07, 6.45) is -1.13. The number of amides is 1. The number of pyridine rings is 1. The summed E-state index contributed by atoms with van der Waals surface area (Å²) >= 11 is 0. The van der Waals surface area contributed by atoms with Crippen LogP contribution in [0, 0.1) is 0 Å². The fourth-order valence-electron chi connectivity index (χ4n) is 4.20. The van der Waals surface area contributed by atoms with Crippen molar-refractivity contribution >= 4 is 11.6 Å². The monoisotopic (exact) mass is 458 g/mol. The fourth-order valence-corrected chi connectivity index (χ4v) is 4.20. The van der Waals surface area contributed by atoms with Crippen molar-refractivity contribution in [3.05, 3.63) is 65.6 Å². The molecule has 1 aliphatic rings. The van der Waals surface area contributed by atoms with E-state index >= 15 is 0 Å². The van der Waals surface area contributed by atoms with Gasteiger partial charge in [0, 0.05) is 37.8 Å². The van der Waals surface area contributed by atoms with Crippen LogP contribution in [0.4, 0.5) is 18.9 Å². The molecule has 7 nitrogen and oxygen atoms in total. The molecule has 0 saturated carbocycles. The number of nitrogens with zero attached hydrogens (tertiary/aromatic N) is 4. The van der Waals surface area contributed by atoms with Crippen LogP contribution in [-0.4, -0.2) is 51.7 Å². The van der Waals surface area contributed by atoms with Gasteiger partial charge in [0.15, 0.2) is 0 Å². The predicted molar refractivity (Wildman–Crippen MR) is 118 cm³/mol. The Bertz CT molecular complexity index is 1090. The molecule has 0 radical (unpaired) electrons. The quantitative estimate of drug-likeness (QED) is 0.592. The van der Waals surface area contributed by atoms with Gasteiger partial charge in [-0.25, -0.2) is 4.98 Å². The number of nitrogens with two attached hydrogens (primary N) is 1. The van der Waals surface area contributed by atoms with Gasteiger partial charge in [-0.3, -0.25) is 14.8 Å². The minimum absolute atomic E-state index is 0.112. The van der Waals surface area contributed by atoms with Crippen molar-refractivity contribution in [1.29, 1.82) is 0 Å². The lowest BCUT2D eigenvalue weighted by molar-refractivity contribution is -0.141. The van der Waals surface area contributed by atoms with Gasteiger partial charge in [0.2, 0.25) is 5.91 Å². The molecule has 2 aromatic heterocycles. The molecular formula is C23H25F3N6O. The van der Waals surface area contributed by atoms with E-state index in [0.717, 1.165) is 41.5 Å². The van der Waals surface area contributed by atoms with Crippen molar-refractivity contribution in [3.63, 3.8) is 0 Å². The number of piperazine rings is 1. The Labute approximate surface area is 189 Å². The van der Waals surface area contributed by atoms with Gasteiger partial charge in [-0.2, -0.15) is 18.3 Å². The average molecular weight is 458 g/mol. The molecule has 0 spiro atoms. The summed E-state index contributed by atoms with van der Waals surface area (Å²) in [5.74, 6) is -0.370. The average Bonchev–Trinajstić information content (AvgIpc) is 3.21. The minimum atomic E-state index is -4.44. The highest BCUT2D eigenvalue weighted by atomic mass is 19.4. The summed E-state index contributed by atoms with van der Waals surface area (Å²) in [5, 5.41) is 7.26. The number of alkyl halides is 3. The van der Waals surface area contributed by atoms with E-state index in [1.54, 1.807) is 0 Å². The van der Waals surface area contributed by atoms with Crippen molar-refractivity contribution in [2.24, 2.45) is 5.73 Å². The molecule has 33 heavy (non-hydrogen) atoms. The molecule has 1 amide bonds. The minimum Gasteiger partial charge on any atom is -0.369 e. The van der Waals surface area contributed by atoms with Crippen molar-refractivity contribution in [2.45, 2.75) is 32.1 Å². The number of hydrogen-bond donors (Lipinski definition) is 2. The van der Waals surface area contributed by atoms with E-state index in [1.165, 1.54) is 12.3 Å². The third kappa shape index (κ3) is 5.33. The zero-order valence-electron chi connectivity index (χ0n) is 18.1. The van der Waals surface area contributed by atoms with Gasteiger partial charge in [-0.15, -0.1) is 0 Å². The maximum atomic E-state index is 12.8.